The zero-order valence-electron chi connectivity index (χ0n) is 17.7. The number of phenols is 1. The Bertz CT molecular complexity index is 1100. The average molecular weight is 444 g/mol. The van der Waals surface area contributed by atoms with Crippen LogP contribution in [0.2, 0.25) is 0 Å². The van der Waals surface area contributed by atoms with Crippen molar-refractivity contribution >= 4 is 34.7 Å². The second kappa shape index (κ2) is 6.94. The normalized spacial score (nSPS) is 36.3. The van der Waals surface area contributed by atoms with Crippen LogP contribution in [0.3, 0.4) is 0 Å². The lowest BCUT2D eigenvalue weighted by Crippen LogP contribution is -2.72. The Morgan fingerprint density at radius 2 is 1.78 bits per heavy atom. The maximum Gasteiger partial charge on any atom is 0.235 e. The van der Waals surface area contributed by atoms with Gasteiger partial charge in [0.1, 0.15) is 11.9 Å². The number of aliphatic hydroxyl groups is 2. The summed E-state index contributed by atoms with van der Waals surface area (Å²) in [5.74, 6) is -12.6. The van der Waals surface area contributed by atoms with E-state index < -0.39 is 70.3 Å². The van der Waals surface area contributed by atoms with Crippen LogP contribution in [0.1, 0.15) is 35.2 Å². The van der Waals surface area contributed by atoms with Crippen LogP contribution in [-0.4, -0.2) is 70.2 Å². The molecule has 32 heavy (non-hydrogen) atoms. The van der Waals surface area contributed by atoms with Gasteiger partial charge in [0.15, 0.2) is 34.7 Å². The summed E-state index contributed by atoms with van der Waals surface area (Å²) in [5, 5.41) is 32.5. The zero-order chi connectivity index (χ0) is 23.9. The fourth-order valence-electron chi connectivity index (χ4n) is 5.65. The average Bonchev–Trinajstić information content (AvgIpc) is 2.71. The number of carbonyl (C=O) groups is 5. The second-order valence-electron chi connectivity index (χ2n) is 9.11. The molecule has 0 bridgehead atoms. The molecular weight excluding hydrogens is 420 g/mol. The molecule has 1 aromatic rings. The highest BCUT2D eigenvalue weighted by atomic mass is 16.3. The van der Waals surface area contributed by atoms with Gasteiger partial charge in [-0.2, -0.15) is 0 Å². The number of benzene rings is 1. The summed E-state index contributed by atoms with van der Waals surface area (Å²) in [6, 6.07) is 3.31. The second-order valence-corrected chi connectivity index (χ2v) is 9.11. The third kappa shape index (κ3) is 2.56. The molecule has 170 valence electrons. The molecule has 0 aliphatic heterocycles. The van der Waals surface area contributed by atoms with Crippen molar-refractivity contribution in [2.75, 3.05) is 19.0 Å². The molecule has 0 aromatic heterocycles. The van der Waals surface area contributed by atoms with Gasteiger partial charge in [-0.1, -0.05) is 13.0 Å². The molecule has 2 saturated carbocycles. The highest BCUT2D eigenvalue weighted by Gasteiger charge is 2.69. The number of primary amides is 1. The first kappa shape index (κ1) is 22.1. The molecule has 3 aliphatic rings. The molecule has 5 N–H and O–H groups in total. The number of carbonyl (C=O) groups excluding carboxylic acids is 5. The largest absolute Gasteiger partial charge is 0.505 e. The van der Waals surface area contributed by atoms with Crippen LogP contribution >= 0.6 is 0 Å². The summed E-state index contributed by atoms with van der Waals surface area (Å²) in [4.78, 5) is 65.6. The van der Waals surface area contributed by atoms with E-state index in [1.54, 1.807) is 38.1 Å². The summed E-state index contributed by atoms with van der Waals surface area (Å²) in [6.07, 6.45) is -2.15. The number of aromatic hydroxyl groups is 1. The first-order valence-electron chi connectivity index (χ1n) is 10.2. The highest BCUT2D eigenvalue weighted by Crippen LogP contribution is 2.54. The molecule has 2 unspecified atom stereocenters. The summed E-state index contributed by atoms with van der Waals surface area (Å²) in [5.41, 5.74) is 3.01. The number of nitrogens with two attached hydrogens (primary N) is 1. The number of anilines is 1. The van der Waals surface area contributed by atoms with E-state index >= 15 is 0 Å². The lowest BCUT2D eigenvalue weighted by Gasteiger charge is -2.51. The lowest BCUT2D eigenvalue weighted by atomic mass is 9.51. The first-order chi connectivity index (χ1) is 14.8. The number of hydrogen-bond donors (Lipinski definition) is 4. The van der Waals surface area contributed by atoms with Crippen molar-refractivity contribution < 1.29 is 39.3 Å². The van der Waals surface area contributed by atoms with Crippen LogP contribution in [0.5, 0.6) is 5.75 Å². The minimum atomic E-state index is -2.91. The molecule has 0 radical (unpaired) electrons. The van der Waals surface area contributed by atoms with E-state index in [-0.39, 0.29) is 17.7 Å². The number of aliphatic hydroxyl groups excluding tert-OH is 1. The minimum Gasteiger partial charge on any atom is -0.505 e. The fourth-order valence-corrected chi connectivity index (χ4v) is 5.65. The standard InChI is InChI=1S/C22H24N2O8/c1-7-8-4-5-11(24(2)3)16(26)12(8)17(27)13-9(7)6-10-15(25)18(28)14(21(23)31)20(30)22(10,32)19(13)29/h4-5,7,9-10,13-15,25-26,32H,6H2,1-3H3,(H2,23,31)/t7-,9-,10+,13?,14?,15-,22+/m1/s1. The maximum absolute atomic E-state index is 13.5. The van der Waals surface area contributed by atoms with Crippen molar-refractivity contribution in [1.29, 1.82) is 0 Å². The van der Waals surface area contributed by atoms with E-state index in [2.05, 4.69) is 0 Å². The Balaban J connectivity index is 1.88. The minimum absolute atomic E-state index is 0.0633. The van der Waals surface area contributed by atoms with Crippen molar-refractivity contribution in [3.8, 4) is 5.75 Å². The SMILES string of the molecule is C[C@@H]1c2ccc(N(C)C)c(O)c2C(=O)C2C(=O)[C@]3(O)C(=O)C(C(N)=O)C(=O)[C@H](O)[C@@H]3C[C@@H]21. The van der Waals surface area contributed by atoms with Gasteiger partial charge in [0, 0.05) is 20.0 Å². The number of Topliss-reactive ketones (excluding diaryl/α,β-unsaturated/α-hetero) is 4. The quantitative estimate of drug-likeness (QED) is 0.414. The fraction of sp³-hybridized carbons (Fsp3) is 0.500. The van der Waals surface area contributed by atoms with Crippen molar-refractivity contribution in [1.82, 2.24) is 0 Å². The third-order valence-corrected chi connectivity index (χ3v) is 7.36. The van der Waals surface area contributed by atoms with Crippen molar-refractivity contribution in [2.45, 2.75) is 31.0 Å². The van der Waals surface area contributed by atoms with E-state index in [1.165, 1.54) is 0 Å². The zero-order valence-corrected chi connectivity index (χ0v) is 17.7. The van der Waals surface area contributed by atoms with Gasteiger partial charge in [0.25, 0.3) is 0 Å². The monoisotopic (exact) mass is 444 g/mol. The predicted molar refractivity (Wildman–Crippen MR) is 109 cm³/mol. The van der Waals surface area contributed by atoms with E-state index in [0.29, 0.717) is 11.3 Å². The Kier molecular flexibility index (Phi) is 4.80. The summed E-state index contributed by atoms with van der Waals surface area (Å²) in [7, 11) is 3.34. The lowest BCUT2D eigenvalue weighted by molar-refractivity contribution is -0.186. The molecule has 10 nitrogen and oxygen atoms in total. The third-order valence-electron chi connectivity index (χ3n) is 7.36. The molecular formula is C22H24N2O8. The smallest absolute Gasteiger partial charge is 0.235 e. The number of rotatable bonds is 2. The molecule has 10 heteroatoms. The molecule has 0 spiro atoms. The summed E-state index contributed by atoms with van der Waals surface area (Å²) < 4.78 is 0. The molecule has 0 saturated heterocycles. The van der Waals surface area contributed by atoms with E-state index in [4.69, 9.17) is 5.73 Å². The summed E-state index contributed by atoms with van der Waals surface area (Å²) >= 11 is 0. The summed E-state index contributed by atoms with van der Waals surface area (Å²) in [6.45, 7) is 1.74. The number of fused-ring (bicyclic) bond motifs is 3. The van der Waals surface area contributed by atoms with E-state index in [0.717, 1.165) is 0 Å². The van der Waals surface area contributed by atoms with Crippen LogP contribution in [0.4, 0.5) is 5.69 Å². The van der Waals surface area contributed by atoms with E-state index in [1.807, 2.05) is 0 Å². The van der Waals surface area contributed by atoms with Crippen LogP contribution in [0.15, 0.2) is 12.1 Å². The van der Waals surface area contributed by atoms with Gasteiger partial charge in [-0.15, -0.1) is 0 Å². The van der Waals surface area contributed by atoms with Crippen LogP contribution in [0, 0.1) is 23.7 Å². The number of nitrogens with zero attached hydrogens (tertiary/aromatic N) is 1. The van der Waals surface area contributed by atoms with Gasteiger partial charge in [0.05, 0.1) is 17.2 Å². The molecule has 1 aromatic carbocycles. The van der Waals surface area contributed by atoms with Gasteiger partial charge in [-0.3, -0.25) is 24.0 Å². The molecule has 7 atom stereocenters. The number of amides is 1. The van der Waals surface area contributed by atoms with Crippen molar-refractivity contribution in [2.24, 2.45) is 29.4 Å². The first-order valence-corrected chi connectivity index (χ1v) is 10.2. The Hall–Kier alpha value is -3.11. The van der Waals surface area contributed by atoms with Crippen LogP contribution < -0.4 is 10.6 Å². The predicted octanol–water partition coefficient (Wildman–Crippen LogP) is -1.08. The molecule has 2 fully saturated rings. The number of phenolic OH excluding ortho intramolecular Hbond substituents is 1. The Morgan fingerprint density at radius 1 is 1.16 bits per heavy atom. The topological polar surface area (TPSA) is 175 Å². The van der Waals surface area contributed by atoms with Gasteiger partial charge in [0.2, 0.25) is 5.91 Å². The van der Waals surface area contributed by atoms with Gasteiger partial charge < -0.3 is 26.0 Å². The van der Waals surface area contributed by atoms with Gasteiger partial charge >= 0.3 is 0 Å². The van der Waals surface area contributed by atoms with E-state index in [9.17, 15) is 39.3 Å². The molecule has 0 heterocycles. The van der Waals surface area contributed by atoms with Gasteiger partial charge in [-0.25, -0.2) is 0 Å². The Morgan fingerprint density at radius 3 is 2.34 bits per heavy atom. The molecule has 4 rings (SSSR count). The maximum atomic E-state index is 13.5. The van der Waals surface area contributed by atoms with Crippen molar-refractivity contribution in [3.63, 3.8) is 0 Å². The van der Waals surface area contributed by atoms with Crippen LogP contribution in [0.25, 0.3) is 0 Å². The number of hydrogen-bond acceptors (Lipinski definition) is 9. The highest BCUT2D eigenvalue weighted by molar-refractivity contribution is 6.32. The van der Waals surface area contributed by atoms with Crippen molar-refractivity contribution in [3.05, 3.63) is 23.3 Å². The van der Waals surface area contributed by atoms with Gasteiger partial charge in [-0.05, 0) is 29.9 Å². The van der Waals surface area contributed by atoms with Crippen LogP contribution in [-0.2, 0) is 19.2 Å². The molecule has 1 amide bonds. The number of ketones is 4. The Labute approximate surface area is 183 Å². The molecule has 3 aliphatic carbocycles.